The van der Waals surface area contributed by atoms with E-state index >= 15 is 8.78 Å². The zero-order valence-corrected chi connectivity index (χ0v) is 37.1. The van der Waals surface area contributed by atoms with Gasteiger partial charge in [0.15, 0.2) is 0 Å². The number of hydrogen-bond acceptors (Lipinski definition) is 4. The summed E-state index contributed by atoms with van der Waals surface area (Å²) in [6.45, 7) is 0. The molecule has 0 radical (unpaired) electrons. The quantitative estimate of drug-likeness (QED) is 0.109. The molecule has 0 aliphatic heterocycles. The van der Waals surface area contributed by atoms with Gasteiger partial charge >= 0.3 is 7.12 Å². The number of fused-ring (bicyclic) bond motifs is 6. The average Bonchev–Trinajstić information content (AvgIpc) is 3.91. The Hall–Kier alpha value is -8.76. The van der Waals surface area contributed by atoms with E-state index in [1.807, 2.05) is 174 Å². The van der Waals surface area contributed by atoms with Crippen molar-refractivity contribution in [3.05, 3.63) is 248 Å². The molecule has 0 saturated carbocycles. The molecule has 10 aromatic carbocycles. The molecule has 6 nitrogen and oxygen atoms in total. The van der Waals surface area contributed by atoms with E-state index in [4.69, 9.17) is 0 Å². The molecule has 0 atom stereocenters. The first-order chi connectivity index (χ1) is 33.9. The van der Waals surface area contributed by atoms with Crippen LogP contribution in [0.15, 0.2) is 237 Å². The number of benzene rings is 10. The van der Waals surface area contributed by atoms with Gasteiger partial charge in [-0.2, -0.15) is 0 Å². The second-order valence-electron chi connectivity index (χ2n) is 16.7. The number of nitrogens with zero attached hydrogens (tertiary/aromatic N) is 2. The zero-order chi connectivity index (χ0) is 46.8. The summed E-state index contributed by atoms with van der Waals surface area (Å²) in [5.41, 5.74) is 11.2. The average molecular weight is 901 g/mol. The Morgan fingerprint density at radius 1 is 0.348 bits per heavy atom. The highest BCUT2D eigenvalue weighted by molar-refractivity contribution is 6.59. The van der Waals surface area contributed by atoms with Crippen LogP contribution in [0.3, 0.4) is 0 Å². The maximum Gasteiger partial charge on any atom is 0.491 e. The number of anilines is 4. The summed E-state index contributed by atoms with van der Waals surface area (Å²) in [6.07, 6.45) is 0. The largest absolute Gasteiger partial charge is 0.491 e. The lowest BCUT2D eigenvalue weighted by Crippen LogP contribution is -2.33. The Labute approximate surface area is 397 Å². The minimum atomic E-state index is -1.97. The molecule has 0 saturated heterocycles. The number of hydrogen-bond donors (Lipinski definition) is 4. The molecule has 9 heteroatoms. The van der Waals surface area contributed by atoms with Crippen molar-refractivity contribution in [3.8, 4) is 33.6 Å². The summed E-state index contributed by atoms with van der Waals surface area (Å²) < 4.78 is 35.3. The molecule has 12 rings (SSSR count). The fourth-order valence-electron chi connectivity index (χ4n) is 9.41. The first-order valence-corrected chi connectivity index (χ1v) is 22.7. The number of rotatable bonds is 9. The fourth-order valence-corrected chi connectivity index (χ4v) is 9.41. The number of halogens is 2. The summed E-state index contributed by atoms with van der Waals surface area (Å²) in [6, 6.07) is 76.2. The molecule has 0 amide bonds. The minimum Gasteiger partial charge on any atom is -0.423 e. The molecular formula is C60H43BF2N4O2. The van der Waals surface area contributed by atoms with Crippen LogP contribution < -0.4 is 16.1 Å². The first-order valence-electron chi connectivity index (χ1n) is 22.7. The maximum atomic E-state index is 15.8. The molecule has 0 fully saturated rings. The van der Waals surface area contributed by atoms with Crippen LogP contribution in [0.4, 0.5) is 31.5 Å². The molecule has 4 N–H and O–H groups in total. The van der Waals surface area contributed by atoms with Gasteiger partial charge in [0.05, 0.1) is 22.1 Å². The molecule has 2 heterocycles. The highest BCUT2D eigenvalue weighted by atomic mass is 19.1. The van der Waals surface area contributed by atoms with Crippen LogP contribution in [-0.4, -0.2) is 26.3 Å². The van der Waals surface area contributed by atoms with Gasteiger partial charge in [-0.25, -0.2) is 8.78 Å². The molecular weight excluding hydrogens is 857 g/mol. The van der Waals surface area contributed by atoms with Gasteiger partial charge in [0.25, 0.3) is 0 Å². The molecule has 0 bridgehead atoms. The topological polar surface area (TPSA) is 74.4 Å². The van der Waals surface area contributed by atoms with E-state index in [0.717, 1.165) is 61.2 Å². The van der Waals surface area contributed by atoms with Crippen LogP contribution in [0, 0.1) is 11.6 Å². The van der Waals surface area contributed by atoms with E-state index in [1.165, 1.54) is 16.8 Å². The Balaban J connectivity index is 0.000000151. The number of nitrogens with one attached hydrogen (secondary N) is 2. The Kier molecular flexibility index (Phi) is 11.5. The van der Waals surface area contributed by atoms with Crippen LogP contribution in [0.1, 0.15) is 0 Å². The van der Waals surface area contributed by atoms with E-state index < -0.39 is 12.9 Å². The van der Waals surface area contributed by atoms with Crippen molar-refractivity contribution in [1.29, 1.82) is 0 Å². The van der Waals surface area contributed by atoms with Gasteiger partial charge in [-0.05, 0) is 91.0 Å². The molecule has 2 aromatic heterocycles. The van der Waals surface area contributed by atoms with Crippen molar-refractivity contribution in [1.82, 2.24) is 9.13 Å². The standard InChI is InChI=1S/C30H22BFN2O2.C30H21FN2/c32-30-25(22-12-4-7-15-27(22)33-20-10-2-1-3-11-20)18-21(19-26(30)31(35)36)34-28-16-8-5-13-23(28)24-14-6-9-17-29(24)34;31-27-19-18-22(33-29-16-8-5-13-24(29)25-14-6-9-17-30(25)33)20-26(27)23-12-4-7-15-28(23)32-21-10-2-1-3-11-21/h1-19,33,35-36H;1-20,32H. The van der Waals surface area contributed by atoms with Crippen LogP contribution >= 0.6 is 0 Å². The lowest BCUT2D eigenvalue weighted by molar-refractivity contribution is 0.423. The summed E-state index contributed by atoms with van der Waals surface area (Å²) in [5, 5.41) is 31.5. The molecule has 0 spiro atoms. The van der Waals surface area contributed by atoms with E-state index in [9.17, 15) is 10.0 Å². The van der Waals surface area contributed by atoms with Crippen molar-refractivity contribution < 1.29 is 18.8 Å². The number of para-hydroxylation sites is 8. The van der Waals surface area contributed by atoms with Crippen LogP contribution in [0.5, 0.6) is 0 Å². The second kappa shape index (κ2) is 18.5. The maximum absolute atomic E-state index is 15.8. The van der Waals surface area contributed by atoms with Crippen molar-refractivity contribution in [2.75, 3.05) is 10.6 Å². The zero-order valence-electron chi connectivity index (χ0n) is 37.1. The van der Waals surface area contributed by atoms with Crippen molar-refractivity contribution >= 4 is 78.9 Å². The smallest absolute Gasteiger partial charge is 0.423 e. The van der Waals surface area contributed by atoms with Crippen molar-refractivity contribution in [2.45, 2.75) is 0 Å². The third-order valence-electron chi connectivity index (χ3n) is 12.5. The second-order valence-corrected chi connectivity index (χ2v) is 16.7. The van der Waals surface area contributed by atoms with Gasteiger partial charge in [-0.3, -0.25) is 0 Å². The molecule has 0 aliphatic rings. The summed E-state index contributed by atoms with van der Waals surface area (Å²) in [7, 11) is -1.97. The molecule has 0 aliphatic carbocycles. The van der Waals surface area contributed by atoms with Gasteiger partial charge in [-0.1, -0.05) is 146 Å². The van der Waals surface area contributed by atoms with E-state index in [2.05, 4.69) is 63.7 Å². The number of aromatic nitrogens is 2. The SMILES string of the molecule is Fc1ccc(-n2c3ccccc3c3ccccc32)cc1-c1ccccc1Nc1ccccc1.OB(O)c1cc(-n2c3ccccc3c3ccccc32)cc(-c2ccccc2Nc2ccccc2)c1F. The summed E-state index contributed by atoms with van der Waals surface area (Å²) in [4.78, 5) is 0. The van der Waals surface area contributed by atoms with Gasteiger partial charge < -0.3 is 29.8 Å². The Bertz CT molecular complexity index is 3710. The van der Waals surface area contributed by atoms with Gasteiger partial charge in [0.2, 0.25) is 0 Å². The van der Waals surface area contributed by atoms with Crippen LogP contribution in [-0.2, 0) is 0 Å². The normalized spacial score (nSPS) is 11.2. The predicted octanol–water partition coefficient (Wildman–Crippen LogP) is 14.3. The van der Waals surface area contributed by atoms with Crippen LogP contribution in [0.2, 0.25) is 0 Å². The monoisotopic (exact) mass is 900 g/mol. The lowest BCUT2D eigenvalue weighted by atomic mass is 9.77. The summed E-state index contributed by atoms with van der Waals surface area (Å²) >= 11 is 0. The molecule has 0 unspecified atom stereocenters. The van der Waals surface area contributed by atoms with Crippen molar-refractivity contribution in [3.63, 3.8) is 0 Å². The highest BCUT2D eigenvalue weighted by Gasteiger charge is 2.25. The third kappa shape index (κ3) is 8.16. The Morgan fingerprint density at radius 2 is 0.725 bits per heavy atom. The lowest BCUT2D eigenvalue weighted by Gasteiger charge is -2.17. The minimum absolute atomic E-state index is 0.182. The fraction of sp³-hybridized carbons (Fsp3) is 0. The summed E-state index contributed by atoms with van der Waals surface area (Å²) in [5.74, 6) is -0.918. The Morgan fingerprint density at radius 3 is 1.19 bits per heavy atom. The third-order valence-corrected chi connectivity index (χ3v) is 12.5. The van der Waals surface area contributed by atoms with Crippen molar-refractivity contribution in [2.24, 2.45) is 0 Å². The van der Waals surface area contributed by atoms with Gasteiger partial charge in [-0.15, -0.1) is 0 Å². The van der Waals surface area contributed by atoms with E-state index in [-0.39, 0.29) is 16.8 Å². The first kappa shape index (κ1) is 42.9. The highest BCUT2D eigenvalue weighted by Crippen LogP contribution is 2.39. The predicted molar refractivity (Wildman–Crippen MR) is 282 cm³/mol. The van der Waals surface area contributed by atoms with E-state index in [0.29, 0.717) is 22.5 Å². The van der Waals surface area contributed by atoms with Gasteiger partial charge in [0, 0.05) is 83.4 Å². The molecule has 69 heavy (non-hydrogen) atoms. The molecule has 12 aromatic rings. The van der Waals surface area contributed by atoms with Crippen LogP contribution in [0.25, 0.3) is 77.2 Å². The van der Waals surface area contributed by atoms with Gasteiger partial charge in [0.1, 0.15) is 11.6 Å². The molecule has 332 valence electrons. The van der Waals surface area contributed by atoms with E-state index in [1.54, 1.807) is 12.1 Å².